The van der Waals surface area contributed by atoms with Gasteiger partial charge in [0, 0.05) is 0 Å². The summed E-state index contributed by atoms with van der Waals surface area (Å²) < 4.78 is 10.7. The summed E-state index contributed by atoms with van der Waals surface area (Å²) >= 11 is 0. The molecule has 4 N–H and O–H groups in total. The minimum absolute atomic E-state index is 0. The smallest absolute Gasteiger partial charge is 0.0828 e. The molecule has 0 radical (unpaired) electrons. The third-order valence-corrected chi connectivity index (χ3v) is 7.18. The van der Waals surface area contributed by atoms with Crippen molar-refractivity contribution in [2.75, 3.05) is 13.2 Å². The molecule has 0 saturated carbocycles. The summed E-state index contributed by atoms with van der Waals surface area (Å²) in [5, 5.41) is 0. The maximum Gasteiger partial charge on any atom is 0.0828 e. The molecule has 202 valence electrons. The largest absolute Gasteiger partial charge is 0.786 e. The SMILES string of the molecule is CCCCCCCCCCCCCCOP([O-])OCCCCCCCCCCCCCC.[NH4+]. The molecular weight excluding hydrogens is 429 g/mol. The van der Waals surface area contributed by atoms with Crippen molar-refractivity contribution in [1.82, 2.24) is 6.15 Å². The first-order chi connectivity index (χ1) is 15.8. The van der Waals surface area contributed by atoms with Gasteiger partial charge in [-0.05, 0) is 12.8 Å². The summed E-state index contributed by atoms with van der Waals surface area (Å²) in [5.74, 6) is 0. The highest BCUT2D eigenvalue weighted by Gasteiger charge is 1.98. The van der Waals surface area contributed by atoms with Crippen LogP contribution in [-0.4, -0.2) is 13.2 Å². The monoisotopic (exact) mass is 491 g/mol. The maximum absolute atomic E-state index is 11.7. The molecule has 33 heavy (non-hydrogen) atoms. The topological polar surface area (TPSA) is 78.0 Å². The van der Waals surface area contributed by atoms with Crippen LogP contribution in [0.1, 0.15) is 168 Å². The van der Waals surface area contributed by atoms with E-state index in [-0.39, 0.29) is 6.15 Å². The second kappa shape index (κ2) is 32.3. The first kappa shape index (κ1) is 35.4. The van der Waals surface area contributed by atoms with Gasteiger partial charge in [0.1, 0.15) is 0 Å². The normalized spacial score (nSPS) is 11.3. The van der Waals surface area contributed by atoms with Crippen LogP contribution in [0.3, 0.4) is 0 Å². The number of hydrogen-bond donors (Lipinski definition) is 1. The fourth-order valence-corrected chi connectivity index (χ4v) is 4.83. The van der Waals surface area contributed by atoms with Gasteiger partial charge in [0.05, 0.1) is 21.8 Å². The Kier molecular flexibility index (Phi) is 34.6. The minimum atomic E-state index is -1.91. The molecule has 0 fully saturated rings. The van der Waals surface area contributed by atoms with E-state index in [1.54, 1.807) is 0 Å². The van der Waals surface area contributed by atoms with E-state index in [9.17, 15) is 4.89 Å². The summed E-state index contributed by atoms with van der Waals surface area (Å²) in [6.45, 7) is 5.70. The number of quaternary nitrogens is 1. The molecule has 0 aliphatic carbocycles. The Morgan fingerprint density at radius 1 is 0.394 bits per heavy atom. The molecule has 0 aliphatic heterocycles. The second-order valence-corrected chi connectivity index (χ2v) is 10.6. The number of rotatable bonds is 28. The first-order valence-electron chi connectivity index (χ1n) is 14.5. The molecule has 0 atom stereocenters. The molecule has 0 saturated heterocycles. The fourth-order valence-electron chi connectivity index (χ4n) is 4.20. The van der Waals surface area contributed by atoms with Crippen molar-refractivity contribution >= 4 is 8.60 Å². The summed E-state index contributed by atoms with van der Waals surface area (Å²) in [6, 6.07) is 0. The Labute approximate surface area is 210 Å². The van der Waals surface area contributed by atoms with Crippen LogP contribution in [0.2, 0.25) is 0 Å². The number of unbranched alkanes of at least 4 members (excludes halogenated alkanes) is 22. The maximum atomic E-state index is 11.7. The standard InChI is InChI=1S/C28H58O3P.H3N/c1-3-5-7-9-11-13-15-17-19-21-23-25-27-30-32(29)31-28-26-24-22-20-18-16-14-12-10-8-6-4-2;/h3-28H2,1-2H3;1H3/q-1;/p+1. The van der Waals surface area contributed by atoms with Gasteiger partial charge in [-0.2, -0.15) is 0 Å². The Hall–Kier alpha value is 0.270. The van der Waals surface area contributed by atoms with E-state index in [1.165, 1.54) is 141 Å². The Balaban J connectivity index is 0. The van der Waals surface area contributed by atoms with Crippen LogP contribution in [0.15, 0.2) is 0 Å². The predicted octanol–water partition coefficient (Wildman–Crippen LogP) is 10.4. The van der Waals surface area contributed by atoms with Crippen molar-refractivity contribution in [3.05, 3.63) is 0 Å². The molecule has 4 nitrogen and oxygen atoms in total. The summed E-state index contributed by atoms with van der Waals surface area (Å²) in [6.07, 6.45) is 31.9. The van der Waals surface area contributed by atoms with Crippen molar-refractivity contribution < 1.29 is 13.9 Å². The van der Waals surface area contributed by atoms with Crippen molar-refractivity contribution in [3.63, 3.8) is 0 Å². The quantitative estimate of drug-likeness (QED) is 0.0873. The van der Waals surface area contributed by atoms with Gasteiger partial charge >= 0.3 is 0 Å². The molecule has 0 aromatic heterocycles. The van der Waals surface area contributed by atoms with Crippen molar-refractivity contribution in [2.24, 2.45) is 0 Å². The zero-order valence-electron chi connectivity index (χ0n) is 23.1. The van der Waals surface area contributed by atoms with E-state index in [1.807, 2.05) is 0 Å². The zero-order valence-corrected chi connectivity index (χ0v) is 24.0. The lowest BCUT2D eigenvalue weighted by Gasteiger charge is -2.22. The van der Waals surface area contributed by atoms with Gasteiger partial charge in [-0.3, -0.25) is 0 Å². The zero-order chi connectivity index (χ0) is 23.4. The van der Waals surface area contributed by atoms with Gasteiger partial charge in [-0.15, -0.1) is 0 Å². The van der Waals surface area contributed by atoms with Crippen molar-refractivity contribution in [3.8, 4) is 0 Å². The minimum Gasteiger partial charge on any atom is -0.786 e. The van der Waals surface area contributed by atoms with Gasteiger partial charge < -0.3 is 20.1 Å². The average Bonchev–Trinajstić information content (AvgIpc) is 2.80. The van der Waals surface area contributed by atoms with Crippen LogP contribution >= 0.6 is 8.60 Å². The van der Waals surface area contributed by atoms with E-state index in [4.69, 9.17) is 9.05 Å². The van der Waals surface area contributed by atoms with E-state index < -0.39 is 8.60 Å². The van der Waals surface area contributed by atoms with Gasteiger partial charge in [0.25, 0.3) is 0 Å². The van der Waals surface area contributed by atoms with E-state index >= 15 is 0 Å². The van der Waals surface area contributed by atoms with E-state index in [2.05, 4.69) is 13.8 Å². The van der Waals surface area contributed by atoms with Gasteiger partial charge in [-0.25, -0.2) is 0 Å². The third kappa shape index (κ3) is 32.3. The molecule has 0 aliphatic rings. The molecule has 0 rings (SSSR count). The Morgan fingerprint density at radius 3 is 0.848 bits per heavy atom. The summed E-state index contributed by atoms with van der Waals surface area (Å²) in [7, 11) is -1.91. The highest BCUT2D eigenvalue weighted by Crippen LogP contribution is 2.28. The van der Waals surface area contributed by atoms with Crippen LogP contribution in [0.4, 0.5) is 0 Å². The highest BCUT2D eigenvalue weighted by atomic mass is 31.2. The van der Waals surface area contributed by atoms with Gasteiger partial charge in [0.15, 0.2) is 0 Å². The lowest BCUT2D eigenvalue weighted by molar-refractivity contribution is -0.204. The molecule has 0 bridgehead atoms. The molecule has 0 amide bonds. The lowest BCUT2D eigenvalue weighted by Crippen LogP contribution is -2.05. The van der Waals surface area contributed by atoms with Gasteiger partial charge in [0.2, 0.25) is 0 Å². The molecular formula is C28H62NO3P. The third-order valence-electron chi connectivity index (χ3n) is 6.39. The molecule has 0 heterocycles. The molecule has 5 heteroatoms. The van der Waals surface area contributed by atoms with Crippen LogP contribution < -0.4 is 11.0 Å². The predicted molar refractivity (Wildman–Crippen MR) is 147 cm³/mol. The van der Waals surface area contributed by atoms with Crippen LogP contribution in [0, 0.1) is 0 Å². The van der Waals surface area contributed by atoms with Gasteiger partial charge in [-0.1, -0.05) is 155 Å². The van der Waals surface area contributed by atoms with Crippen molar-refractivity contribution in [1.29, 1.82) is 0 Å². The highest BCUT2D eigenvalue weighted by molar-refractivity contribution is 7.39. The van der Waals surface area contributed by atoms with Crippen molar-refractivity contribution in [2.45, 2.75) is 168 Å². The molecule has 0 unspecified atom stereocenters. The average molecular weight is 492 g/mol. The van der Waals surface area contributed by atoms with Crippen LogP contribution in [-0.2, 0) is 9.05 Å². The Morgan fingerprint density at radius 2 is 0.606 bits per heavy atom. The van der Waals surface area contributed by atoms with E-state index in [0.717, 1.165) is 12.8 Å². The van der Waals surface area contributed by atoms with Crippen LogP contribution in [0.25, 0.3) is 0 Å². The summed E-state index contributed by atoms with van der Waals surface area (Å²) in [5.41, 5.74) is 0. The van der Waals surface area contributed by atoms with Crippen LogP contribution in [0.5, 0.6) is 0 Å². The molecule has 0 aromatic carbocycles. The fraction of sp³-hybridized carbons (Fsp3) is 1.00. The first-order valence-corrected chi connectivity index (χ1v) is 15.6. The lowest BCUT2D eigenvalue weighted by atomic mass is 10.1. The molecule has 0 aromatic rings. The number of hydrogen-bond acceptors (Lipinski definition) is 3. The summed E-state index contributed by atoms with van der Waals surface area (Å²) in [4.78, 5) is 11.7. The Bertz CT molecular complexity index is 304. The molecule has 0 spiro atoms. The second-order valence-electron chi connectivity index (χ2n) is 9.67. The van der Waals surface area contributed by atoms with E-state index in [0.29, 0.717) is 13.2 Å².